The lowest BCUT2D eigenvalue weighted by Gasteiger charge is -2.18. The largest absolute Gasteiger partial charge is 0.352 e. The molecular formula is C23H29N3O4S. The number of sulfonamides is 1. The Morgan fingerprint density at radius 1 is 1.00 bits per heavy atom. The van der Waals surface area contributed by atoms with E-state index in [4.69, 9.17) is 0 Å². The van der Waals surface area contributed by atoms with Gasteiger partial charge in [-0.25, -0.2) is 8.42 Å². The van der Waals surface area contributed by atoms with E-state index in [1.807, 2.05) is 38.1 Å². The molecule has 166 valence electrons. The van der Waals surface area contributed by atoms with Crippen molar-refractivity contribution in [1.82, 2.24) is 9.62 Å². The maximum atomic E-state index is 12.5. The van der Waals surface area contributed by atoms with E-state index < -0.39 is 10.0 Å². The van der Waals surface area contributed by atoms with Crippen LogP contribution in [0.5, 0.6) is 0 Å². The van der Waals surface area contributed by atoms with Gasteiger partial charge in [-0.1, -0.05) is 38.1 Å². The van der Waals surface area contributed by atoms with Gasteiger partial charge in [0.05, 0.1) is 11.3 Å². The van der Waals surface area contributed by atoms with Crippen molar-refractivity contribution in [3.8, 4) is 0 Å². The summed E-state index contributed by atoms with van der Waals surface area (Å²) in [6.45, 7) is 5.53. The number of carbonyl (C=O) groups excluding carboxylic acids is 2. The molecule has 0 bridgehead atoms. The van der Waals surface area contributed by atoms with Crippen LogP contribution in [0.2, 0.25) is 0 Å². The molecule has 1 aliphatic heterocycles. The normalized spacial score (nSPS) is 14.3. The summed E-state index contributed by atoms with van der Waals surface area (Å²) in [5.41, 5.74) is 2.56. The Morgan fingerprint density at radius 3 is 2.16 bits per heavy atom. The van der Waals surface area contributed by atoms with Gasteiger partial charge in [0.2, 0.25) is 21.8 Å². The van der Waals surface area contributed by atoms with Crippen molar-refractivity contribution in [3.63, 3.8) is 0 Å². The fourth-order valence-corrected chi connectivity index (χ4v) is 5.11. The summed E-state index contributed by atoms with van der Waals surface area (Å²) < 4.78 is 26.5. The van der Waals surface area contributed by atoms with Gasteiger partial charge < -0.3 is 10.2 Å². The van der Waals surface area contributed by atoms with Crippen LogP contribution < -0.4 is 10.2 Å². The van der Waals surface area contributed by atoms with Crippen molar-refractivity contribution >= 4 is 27.5 Å². The highest BCUT2D eigenvalue weighted by Gasteiger charge is 2.22. The van der Waals surface area contributed by atoms with Crippen molar-refractivity contribution < 1.29 is 18.0 Å². The predicted molar refractivity (Wildman–Crippen MR) is 120 cm³/mol. The van der Waals surface area contributed by atoms with E-state index in [1.54, 1.807) is 29.2 Å². The number of benzene rings is 2. The van der Waals surface area contributed by atoms with Crippen molar-refractivity contribution in [1.29, 1.82) is 0 Å². The van der Waals surface area contributed by atoms with Crippen LogP contribution in [0.25, 0.3) is 0 Å². The lowest BCUT2D eigenvalue weighted by molar-refractivity contribution is -0.120. The molecule has 0 atom stereocenters. The summed E-state index contributed by atoms with van der Waals surface area (Å²) in [7, 11) is -3.48. The molecule has 7 nitrogen and oxygen atoms in total. The van der Waals surface area contributed by atoms with Crippen molar-refractivity contribution in [2.45, 2.75) is 44.6 Å². The Balaban J connectivity index is 1.53. The van der Waals surface area contributed by atoms with E-state index in [2.05, 4.69) is 5.32 Å². The molecule has 2 aromatic rings. The molecule has 0 aromatic heterocycles. The van der Waals surface area contributed by atoms with Gasteiger partial charge in [0.15, 0.2) is 0 Å². The summed E-state index contributed by atoms with van der Waals surface area (Å²) >= 11 is 0. The maximum Gasteiger partial charge on any atom is 0.243 e. The Kier molecular flexibility index (Phi) is 7.46. The van der Waals surface area contributed by atoms with Crippen LogP contribution in [-0.4, -0.2) is 44.2 Å². The minimum atomic E-state index is -3.48. The van der Waals surface area contributed by atoms with Gasteiger partial charge in [-0.3, -0.25) is 9.59 Å². The van der Waals surface area contributed by atoms with Crippen LogP contribution in [0.3, 0.4) is 0 Å². The average Bonchev–Trinajstić information content (AvgIpc) is 3.19. The first kappa shape index (κ1) is 23.0. The van der Waals surface area contributed by atoms with E-state index in [0.717, 1.165) is 29.8 Å². The third-order valence-corrected chi connectivity index (χ3v) is 7.51. The van der Waals surface area contributed by atoms with Crippen LogP contribution in [0.15, 0.2) is 53.4 Å². The highest BCUT2D eigenvalue weighted by molar-refractivity contribution is 7.89. The molecule has 0 saturated carbocycles. The number of rotatable bonds is 9. The number of nitrogens with one attached hydrogen (secondary N) is 1. The molecule has 1 aliphatic rings. The van der Waals surface area contributed by atoms with E-state index in [-0.39, 0.29) is 23.1 Å². The molecule has 31 heavy (non-hydrogen) atoms. The van der Waals surface area contributed by atoms with Crippen LogP contribution in [-0.2, 0) is 32.6 Å². The van der Waals surface area contributed by atoms with Crippen LogP contribution in [0.1, 0.15) is 37.8 Å². The third kappa shape index (κ3) is 5.51. The molecule has 0 aliphatic carbocycles. The number of hydrogen-bond donors (Lipinski definition) is 1. The monoisotopic (exact) mass is 443 g/mol. The van der Waals surface area contributed by atoms with Crippen molar-refractivity contribution in [2.24, 2.45) is 0 Å². The first-order valence-electron chi connectivity index (χ1n) is 10.6. The summed E-state index contributed by atoms with van der Waals surface area (Å²) in [4.78, 5) is 26.1. The molecule has 3 rings (SSSR count). The number of amides is 2. The Labute approximate surface area is 184 Å². The zero-order valence-corrected chi connectivity index (χ0v) is 18.8. The zero-order valence-electron chi connectivity index (χ0n) is 18.0. The first-order valence-corrected chi connectivity index (χ1v) is 12.0. The second-order valence-electron chi connectivity index (χ2n) is 7.50. The van der Waals surface area contributed by atoms with E-state index >= 15 is 0 Å². The number of anilines is 1. The SMILES string of the molecule is CCN(CC)S(=O)(=O)c1ccc(CNC(=O)Cc2ccc(N3CCCC3=O)cc2)cc1. The molecular weight excluding hydrogens is 414 g/mol. The predicted octanol–water partition coefficient (Wildman–Crippen LogP) is 2.70. The van der Waals surface area contributed by atoms with Gasteiger partial charge in [-0.15, -0.1) is 0 Å². The molecule has 8 heteroatoms. The summed E-state index contributed by atoms with van der Waals surface area (Å²) in [5, 5.41) is 2.86. The highest BCUT2D eigenvalue weighted by Crippen LogP contribution is 2.22. The molecule has 0 radical (unpaired) electrons. The van der Waals surface area contributed by atoms with Gasteiger partial charge in [0, 0.05) is 38.3 Å². The van der Waals surface area contributed by atoms with Crippen LogP contribution in [0.4, 0.5) is 5.69 Å². The second kappa shape index (κ2) is 10.1. The number of carbonyl (C=O) groups is 2. The highest BCUT2D eigenvalue weighted by atomic mass is 32.2. The molecule has 1 heterocycles. The van der Waals surface area contributed by atoms with E-state index in [9.17, 15) is 18.0 Å². The smallest absolute Gasteiger partial charge is 0.243 e. The van der Waals surface area contributed by atoms with Crippen LogP contribution >= 0.6 is 0 Å². The van der Waals surface area contributed by atoms with Gasteiger partial charge in [0.25, 0.3) is 0 Å². The van der Waals surface area contributed by atoms with E-state index in [0.29, 0.717) is 26.1 Å². The quantitative estimate of drug-likeness (QED) is 0.646. The zero-order chi connectivity index (χ0) is 22.4. The Morgan fingerprint density at radius 2 is 1.61 bits per heavy atom. The van der Waals surface area contributed by atoms with Gasteiger partial charge >= 0.3 is 0 Å². The molecule has 1 N–H and O–H groups in total. The summed E-state index contributed by atoms with van der Waals surface area (Å²) in [5.74, 6) is 0.0197. The van der Waals surface area contributed by atoms with Crippen LogP contribution in [0, 0.1) is 0 Å². The van der Waals surface area contributed by atoms with Crippen molar-refractivity contribution in [3.05, 3.63) is 59.7 Å². The molecule has 0 spiro atoms. The number of hydrogen-bond acceptors (Lipinski definition) is 4. The maximum absolute atomic E-state index is 12.5. The lowest BCUT2D eigenvalue weighted by Crippen LogP contribution is -2.30. The summed E-state index contributed by atoms with van der Waals surface area (Å²) in [6, 6.07) is 14.1. The Bertz CT molecular complexity index is 1010. The minimum Gasteiger partial charge on any atom is -0.352 e. The van der Waals surface area contributed by atoms with Gasteiger partial charge in [-0.2, -0.15) is 4.31 Å². The Hall–Kier alpha value is -2.71. The standard InChI is InChI=1S/C23H29N3O4S/c1-3-25(4-2)31(29,30)21-13-9-19(10-14-21)17-24-22(27)16-18-7-11-20(12-8-18)26-15-5-6-23(26)28/h7-14H,3-6,15-17H2,1-2H3,(H,24,27). The topological polar surface area (TPSA) is 86.8 Å². The molecule has 1 saturated heterocycles. The lowest BCUT2D eigenvalue weighted by atomic mass is 10.1. The fraction of sp³-hybridized carbons (Fsp3) is 0.391. The van der Waals surface area contributed by atoms with Gasteiger partial charge in [0.1, 0.15) is 0 Å². The van der Waals surface area contributed by atoms with E-state index in [1.165, 1.54) is 4.31 Å². The van der Waals surface area contributed by atoms with Crippen molar-refractivity contribution in [2.75, 3.05) is 24.5 Å². The third-order valence-electron chi connectivity index (χ3n) is 5.44. The molecule has 2 aromatic carbocycles. The second-order valence-corrected chi connectivity index (χ2v) is 9.44. The van der Waals surface area contributed by atoms with Gasteiger partial charge in [-0.05, 0) is 41.8 Å². The number of nitrogens with zero attached hydrogens (tertiary/aromatic N) is 2. The molecule has 1 fully saturated rings. The first-order chi connectivity index (χ1) is 14.8. The fourth-order valence-electron chi connectivity index (χ4n) is 3.66. The average molecular weight is 444 g/mol. The molecule has 0 unspecified atom stereocenters. The molecule has 2 amide bonds. The summed E-state index contributed by atoms with van der Waals surface area (Å²) in [6.07, 6.45) is 1.71. The minimum absolute atomic E-state index is 0.121.